The van der Waals surface area contributed by atoms with Crippen LogP contribution in [-0.2, 0) is 5.41 Å². The van der Waals surface area contributed by atoms with Gasteiger partial charge in [0.2, 0.25) is 0 Å². The van der Waals surface area contributed by atoms with Crippen molar-refractivity contribution in [1.82, 2.24) is 0 Å². The van der Waals surface area contributed by atoms with Gasteiger partial charge in [0.05, 0.1) is 11.4 Å². The fourth-order valence-electron chi connectivity index (χ4n) is 1.91. The molecule has 0 fully saturated rings. The zero-order chi connectivity index (χ0) is 14.8. The van der Waals surface area contributed by atoms with E-state index in [1.54, 1.807) is 12.1 Å². The van der Waals surface area contributed by atoms with E-state index in [2.05, 4.69) is 31.0 Å². The van der Waals surface area contributed by atoms with Crippen LogP contribution in [0.15, 0.2) is 52.7 Å². The Balaban J connectivity index is 2.28. The molecular weight excluding hydrogens is 248 g/mol. The highest BCUT2D eigenvalue weighted by Crippen LogP contribution is 2.33. The Morgan fingerprint density at radius 2 is 1.40 bits per heavy atom. The molecule has 2 aromatic rings. The lowest BCUT2D eigenvalue weighted by Crippen LogP contribution is -2.10. The van der Waals surface area contributed by atoms with Gasteiger partial charge in [0, 0.05) is 5.56 Å². The van der Waals surface area contributed by atoms with Crippen LogP contribution in [0.5, 0.6) is 5.75 Å². The molecule has 104 valence electrons. The number of phenols is 1. The zero-order valence-electron chi connectivity index (χ0n) is 12.4. The Hall–Kier alpha value is -2.16. The largest absolute Gasteiger partial charge is 0.508 e. The zero-order valence-corrected chi connectivity index (χ0v) is 12.4. The third kappa shape index (κ3) is 3.44. The minimum atomic E-state index is -0.126. The molecule has 3 nitrogen and oxygen atoms in total. The van der Waals surface area contributed by atoms with Crippen LogP contribution in [0.4, 0.5) is 11.4 Å². The lowest BCUT2D eigenvalue weighted by molar-refractivity contribution is 0.447. The molecule has 2 rings (SSSR count). The second-order valence-electron chi connectivity index (χ2n) is 5.99. The maximum Gasteiger partial charge on any atom is 0.119 e. The minimum absolute atomic E-state index is 0.126. The molecule has 0 saturated carbocycles. The molecule has 20 heavy (non-hydrogen) atoms. The van der Waals surface area contributed by atoms with E-state index in [9.17, 15) is 5.11 Å². The number of aromatic hydroxyl groups is 1. The van der Waals surface area contributed by atoms with E-state index in [1.807, 2.05) is 37.3 Å². The average molecular weight is 268 g/mol. The molecular formula is C17H20N2O. The molecule has 0 radical (unpaired) electrons. The molecule has 0 heterocycles. The Morgan fingerprint density at radius 1 is 0.850 bits per heavy atom. The Kier molecular flexibility index (Phi) is 3.89. The summed E-state index contributed by atoms with van der Waals surface area (Å²) < 4.78 is 0. The average Bonchev–Trinajstić information content (AvgIpc) is 2.38. The Labute approximate surface area is 120 Å². The third-order valence-electron chi connectivity index (χ3n) is 3.10. The van der Waals surface area contributed by atoms with E-state index < -0.39 is 0 Å². The fourth-order valence-corrected chi connectivity index (χ4v) is 1.91. The molecule has 3 heteroatoms. The van der Waals surface area contributed by atoms with Crippen molar-refractivity contribution in [3.05, 3.63) is 53.6 Å². The Morgan fingerprint density at radius 3 is 2.00 bits per heavy atom. The first-order valence-corrected chi connectivity index (χ1v) is 6.68. The lowest BCUT2D eigenvalue weighted by atomic mass is 9.86. The highest BCUT2D eigenvalue weighted by Gasteiger charge is 2.18. The van der Waals surface area contributed by atoms with E-state index in [1.165, 1.54) is 5.56 Å². The Bertz CT molecular complexity index is 622. The van der Waals surface area contributed by atoms with Gasteiger partial charge in [-0.3, -0.25) is 0 Å². The predicted octanol–water partition coefficient (Wildman–Crippen LogP) is 5.41. The van der Waals surface area contributed by atoms with Gasteiger partial charge in [-0.05, 0) is 42.7 Å². The number of benzene rings is 2. The summed E-state index contributed by atoms with van der Waals surface area (Å²) in [6.07, 6.45) is 0. The van der Waals surface area contributed by atoms with E-state index in [4.69, 9.17) is 0 Å². The summed E-state index contributed by atoms with van der Waals surface area (Å²) in [6.45, 7) is 8.21. The van der Waals surface area contributed by atoms with Crippen molar-refractivity contribution >= 4 is 11.4 Å². The van der Waals surface area contributed by atoms with Gasteiger partial charge < -0.3 is 5.11 Å². The first-order chi connectivity index (χ1) is 9.36. The van der Waals surface area contributed by atoms with Crippen molar-refractivity contribution in [2.24, 2.45) is 10.2 Å². The number of hydrogen-bond donors (Lipinski definition) is 1. The molecule has 0 bridgehead atoms. The first kappa shape index (κ1) is 14.3. The number of phenolic OH excluding ortho intramolecular Hbond substituents is 1. The summed E-state index contributed by atoms with van der Waals surface area (Å²) >= 11 is 0. The second kappa shape index (κ2) is 5.45. The molecule has 0 aromatic heterocycles. The molecule has 1 N–H and O–H groups in total. The molecule has 0 unspecified atom stereocenters. The number of nitrogens with zero attached hydrogens (tertiary/aromatic N) is 2. The van der Waals surface area contributed by atoms with Gasteiger partial charge in [-0.15, -0.1) is 0 Å². The summed E-state index contributed by atoms with van der Waals surface area (Å²) in [6, 6.07) is 13.2. The van der Waals surface area contributed by atoms with Crippen molar-refractivity contribution in [2.75, 3.05) is 0 Å². The van der Waals surface area contributed by atoms with E-state index in [0.717, 1.165) is 16.9 Å². The topological polar surface area (TPSA) is 45.0 Å². The maximum atomic E-state index is 9.91. The molecule has 2 aromatic carbocycles. The molecule has 0 aliphatic carbocycles. The number of rotatable bonds is 2. The summed E-state index contributed by atoms with van der Waals surface area (Å²) in [4.78, 5) is 0. The summed E-state index contributed by atoms with van der Waals surface area (Å²) in [5, 5.41) is 18.4. The van der Waals surface area contributed by atoms with Gasteiger partial charge in [-0.1, -0.05) is 38.5 Å². The van der Waals surface area contributed by atoms with Crippen molar-refractivity contribution in [3.8, 4) is 5.75 Å². The smallest absolute Gasteiger partial charge is 0.119 e. The van der Waals surface area contributed by atoms with Crippen LogP contribution >= 0.6 is 0 Å². The fraction of sp³-hybridized carbons (Fsp3) is 0.294. The van der Waals surface area contributed by atoms with Crippen LogP contribution in [0, 0.1) is 6.92 Å². The van der Waals surface area contributed by atoms with E-state index >= 15 is 0 Å². The minimum Gasteiger partial charge on any atom is -0.508 e. The number of aryl methyl sites for hydroxylation is 1. The second-order valence-corrected chi connectivity index (χ2v) is 5.99. The molecule has 0 amide bonds. The van der Waals surface area contributed by atoms with Crippen LogP contribution in [0.25, 0.3) is 0 Å². The van der Waals surface area contributed by atoms with Crippen LogP contribution in [0.2, 0.25) is 0 Å². The highest BCUT2D eigenvalue weighted by atomic mass is 16.3. The summed E-state index contributed by atoms with van der Waals surface area (Å²) in [5.41, 5.74) is 3.51. The standard InChI is InChI=1S/C17H20N2O/c1-12-5-7-13(8-6-12)18-19-14-9-10-16(20)15(11-14)17(2,3)4/h5-11,20H,1-4H3. The summed E-state index contributed by atoms with van der Waals surface area (Å²) in [5.74, 6) is 0.298. The number of azo groups is 1. The molecule has 0 saturated heterocycles. The third-order valence-corrected chi connectivity index (χ3v) is 3.10. The van der Waals surface area contributed by atoms with E-state index in [-0.39, 0.29) is 5.41 Å². The number of hydrogen-bond acceptors (Lipinski definition) is 3. The van der Waals surface area contributed by atoms with Crippen LogP contribution in [0.1, 0.15) is 31.9 Å². The van der Waals surface area contributed by atoms with Crippen molar-refractivity contribution in [1.29, 1.82) is 0 Å². The van der Waals surface area contributed by atoms with Crippen molar-refractivity contribution in [2.45, 2.75) is 33.1 Å². The molecule has 0 atom stereocenters. The summed E-state index contributed by atoms with van der Waals surface area (Å²) in [7, 11) is 0. The molecule has 0 aliphatic rings. The molecule has 0 aliphatic heterocycles. The van der Waals surface area contributed by atoms with Crippen molar-refractivity contribution in [3.63, 3.8) is 0 Å². The van der Waals surface area contributed by atoms with Crippen LogP contribution in [0.3, 0.4) is 0 Å². The van der Waals surface area contributed by atoms with E-state index in [0.29, 0.717) is 5.75 Å². The molecule has 0 spiro atoms. The first-order valence-electron chi connectivity index (χ1n) is 6.68. The van der Waals surface area contributed by atoms with Gasteiger partial charge in [-0.2, -0.15) is 10.2 Å². The normalized spacial score (nSPS) is 12.0. The van der Waals surface area contributed by atoms with Gasteiger partial charge in [0.1, 0.15) is 5.75 Å². The van der Waals surface area contributed by atoms with Gasteiger partial charge in [0.25, 0.3) is 0 Å². The monoisotopic (exact) mass is 268 g/mol. The highest BCUT2D eigenvalue weighted by molar-refractivity contribution is 5.49. The lowest BCUT2D eigenvalue weighted by Gasteiger charge is -2.20. The maximum absolute atomic E-state index is 9.91. The van der Waals surface area contributed by atoms with Gasteiger partial charge in [-0.25, -0.2) is 0 Å². The van der Waals surface area contributed by atoms with Gasteiger partial charge >= 0.3 is 0 Å². The van der Waals surface area contributed by atoms with Gasteiger partial charge in [0.15, 0.2) is 0 Å². The van der Waals surface area contributed by atoms with Crippen LogP contribution in [-0.4, -0.2) is 5.11 Å². The van der Waals surface area contributed by atoms with Crippen LogP contribution < -0.4 is 0 Å². The van der Waals surface area contributed by atoms with Crippen molar-refractivity contribution < 1.29 is 5.11 Å². The SMILES string of the molecule is Cc1ccc(N=Nc2ccc(O)c(C(C)(C)C)c2)cc1. The predicted molar refractivity (Wildman–Crippen MR) is 82.2 cm³/mol. The quantitative estimate of drug-likeness (QED) is 0.727.